The van der Waals surface area contributed by atoms with Crippen LogP contribution in [0.3, 0.4) is 0 Å². The molecule has 25 heavy (non-hydrogen) atoms. The fraction of sp³-hybridized carbons (Fsp3) is 0.684. The van der Waals surface area contributed by atoms with Crippen molar-refractivity contribution < 1.29 is 13.2 Å². The lowest BCUT2D eigenvalue weighted by Gasteiger charge is -2.35. The van der Waals surface area contributed by atoms with Crippen LogP contribution in [-0.4, -0.2) is 46.0 Å². The highest BCUT2D eigenvalue weighted by Crippen LogP contribution is 2.34. The summed E-state index contributed by atoms with van der Waals surface area (Å²) in [6, 6.07) is 10.7. The van der Waals surface area contributed by atoms with Crippen molar-refractivity contribution in [3.05, 3.63) is 35.9 Å². The van der Waals surface area contributed by atoms with Crippen molar-refractivity contribution in [3.8, 4) is 0 Å². The van der Waals surface area contributed by atoms with E-state index in [9.17, 15) is 8.42 Å². The van der Waals surface area contributed by atoms with Crippen LogP contribution in [0.15, 0.2) is 30.3 Å². The average molecular weight is 367 g/mol. The van der Waals surface area contributed by atoms with Gasteiger partial charge in [-0.3, -0.25) is 0 Å². The summed E-state index contributed by atoms with van der Waals surface area (Å²) in [6.07, 6.45) is 7.87. The molecule has 2 atom stereocenters. The zero-order valence-electron chi connectivity index (χ0n) is 15.0. The first kappa shape index (κ1) is 18.8. The third-order valence-electron chi connectivity index (χ3n) is 5.41. The topological polar surface area (TPSA) is 67.4 Å². The lowest BCUT2D eigenvalue weighted by Crippen LogP contribution is -2.55. The number of hydrogen-bond acceptors (Lipinski definition) is 4. The smallest absolute Gasteiger partial charge is 0.209 e. The van der Waals surface area contributed by atoms with Crippen molar-refractivity contribution in [2.24, 2.45) is 0 Å². The van der Waals surface area contributed by atoms with E-state index >= 15 is 0 Å². The quantitative estimate of drug-likeness (QED) is 0.811. The molecule has 1 saturated carbocycles. The van der Waals surface area contributed by atoms with E-state index in [2.05, 4.69) is 40.4 Å². The first-order chi connectivity index (χ1) is 12.0. The SMILES string of the molecule is CS(=O)(=O)N[C@H]1CCCN[C@H]1COC1CCC(c2ccccc2)CC1. The molecule has 5 nitrogen and oxygen atoms in total. The van der Waals surface area contributed by atoms with Crippen LogP contribution >= 0.6 is 0 Å². The summed E-state index contributed by atoms with van der Waals surface area (Å²) in [5, 5.41) is 3.41. The monoisotopic (exact) mass is 366 g/mol. The Morgan fingerprint density at radius 2 is 1.84 bits per heavy atom. The van der Waals surface area contributed by atoms with Gasteiger partial charge in [-0.1, -0.05) is 30.3 Å². The van der Waals surface area contributed by atoms with Gasteiger partial charge >= 0.3 is 0 Å². The molecule has 0 radical (unpaired) electrons. The normalized spacial score (nSPS) is 30.9. The molecule has 2 N–H and O–H groups in total. The van der Waals surface area contributed by atoms with Crippen molar-refractivity contribution in [1.82, 2.24) is 10.0 Å². The largest absolute Gasteiger partial charge is 0.377 e. The number of rotatable bonds is 6. The van der Waals surface area contributed by atoms with Crippen molar-refractivity contribution in [3.63, 3.8) is 0 Å². The van der Waals surface area contributed by atoms with Gasteiger partial charge in [0.15, 0.2) is 0 Å². The Morgan fingerprint density at radius 3 is 2.52 bits per heavy atom. The molecule has 1 aromatic rings. The molecule has 0 unspecified atom stereocenters. The van der Waals surface area contributed by atoms with E-state index in [4.69, 9.17) is 4.74 Å². The van der Waals surface area contributed by atoms with E-state index in [0.29, 0.717) is 18.6 Å². The Labute approximate surface area is 151 Å². The molecular weight excluding hydrogens is 336 g/mol. The van der Waals surface area contributed by atoms with E-state index in [0.717, 1.165) is 45.1 Å². The first-order valence-electron chi connectivity index (χ1n) is 9.38. The summed E-state index contributed by atoms with van der Waals surface area (Å²) in [7, 11) is -3.18. The second kappa shape index (κ2) is 8.62. The number of hydrogen-bond donors (Lipinski definition) is 2. The van der Waals surface area contributed by atoms with Gasteiger partial charge in [0, 0.05) is 12.1 Å². The summed E-state index contributed by atoms with van der Waals surface area (Å²) in [4.78, 5) is 0. The maximum absolute atomic E-state index is 11.5. The Balaban J connectivity index is 1.45. The van der Waals surface area contributed by atoms with Gasteiger partial charge < -0.3 is 10.1 Å². The number of ether oxygens (including phenoxy) is 1. The van der Waals surface area contributed by atoms with Gasteiger partial charge in [0.1, 0.15) is 0 Å². The first-order valence-corrected chi connectivity index (χ1v) is 11.3. The molecule has 1 aliphatic carbocycles. The molecule has 2 fully saturated rings. The molecule has 0 aromatic heterocycles. The van der Waals surface area contributed by atoms with Crippen LogP contribution in [0.2, 0.25) is 0 Å². The molecule has 0 spiro atoms. The molecule has 6 heteroatoms. The second-order valence-electron chi connectivity index (χ2n) is 7.42. The van der Waals surface area contributed by atoms with Crippen LogP contribution in [0.4, 0.5) is 0 Å². The molecule has 0 amide bonds. The van der Waals surface area contributed by atoms with Gasteiger partial charge in [-0.15, -0.1) is 0 Å². The van der Waals surface area contributed by atoms with Crippen molar-refractivity contribution in [2.45, 2.75) is 62.6 Å². The highest BCUT2D eigenvalue weighted by atomic mass is 32.2. The van der Waals surface area contributed by atoms with Gasteiger partial charge in [0.2, 0.25) is 10.0 Å². The third-order valence-corrected chi connectivity index (χ3v) is 6.14. The number of benzene rings is 1. The predicted molar refractivity (Wildman–Crippen MR) is 100 cm³/mol. The van der Waals surface area contributed by atoms with E-state index in [1.165, 1.54) is 11.8 Å². The summed E-state index contributed by atoms with van der Waals surface area (Å²) in [5.74, 6) is 0.647. The lowest BCUT2D eigenvalue weighted by molar-refractivity contribution is 0.00524. The highest BCUT2D eigenvalue weighted by molar-refractivity contribution is 7.88. The zero-order chi connectivity index (χ0) is 17.7. The van der Waals surface area contributed by atoms with Crippen LogP contribution in [0, 0.1) is 0 Å². The summed E-state index contributed by atoms with van der Waals surface area (Å²) in [6.45, 7) is 1.50. The van der Waals surface area contributed by atoms with E-state index in [-0.39, 0.29) is 12.1 Å². The summed E-state index contributed by atoms with van der Waals surface area (Å²) >= 11 is 0. The van der Waals surface area contributed by atoms with Gasteiger partial charge in [-0.05, 0) is 56.6 Å². The van der Waals surface area contributed by atoms with Crippen molar-refractivity contribution >= 4 is 10.0 Å². The van der Waals surface area contributed by atoms with Crippen molar-refractivity contribution in [1.29, 1.82) is 0 Å². The molecule has 0 bridgehead atoms. The van der Waals surface area contributed by atoms with Crippen LogP contribution in [0.25, 0.3) is 0 Å². The Hall–Kier alpha value is -0.950. The maximum Gasteiger partial charge on any atom is 0.209 e. The fourth-order valence-electron chi connectivity index (χ4n) is 4.07. The number of sulfonamides is 1. The van der Waals surface area contributed by atoms with Gasteiger partial charge in [0.25, 0.3) is 0 Å². The molecule has 1 heterocycles. The van der Waals surface area contributed by atoms with Crippen LogP contribution in [-0.2, 0) is 14.8 Å². The van der Waals surface area contributed by atoms with Gasteiger partial charge in [-0.25, -0.2) is 13.1 Å². The number of piperidine rings is 1. The molecule has 3 rings (SSSR count). The van der Waals surface area contributed by atoms with E-state index in [1.807, 2.05) is 0 Å². The lowest BCUT2D eigenvalue weighted by atomic mass is 9.83. The van der Waals surface area contributed by atoms with Gasteiger partial charge in [0.05, 0.1) is 19.0 Å². The molecule has 1 aliphatic heterocycles. The van der Waals surface area contributed by atoms with Gasteiger partial charge in [-0.2, -0.15) is 0 Å². The second-order valence-corrected chi connectivity index (χ2v) is 9.20. The minimum atomic E-state index is -3.18. The van der Waals surface area contributed by atoms with Crippen LogP contribution in [0.5, 0.6) is 0 Å². The summed E-state index contributed by atoms with van der Waals surface area (Å²) < 4.78 is 32.0. The number of nitrogens with one attached hydrogen (secondary N) is 2. The van der Waals surface area contributed by atoms with Crippen LogP contribution < -0.4 is 10.0 Å². The van der Waals surface area contributed by atoms with Crippen LogP contribution in [0.1, 0.15) is 50.0 Å². The molecule has 140 valence electrons. The molecule has 1 aromatic carbocycles. The zero-order valence-corrected chi connectivity index (χ0v) is 15.8. The van der Waals surface area contributed by atoms with E-state index in [1.54, 1.807) is 0 Å². The predicted octanol–water partition coefficient (Wildman–Crippen LogP) is 2.40. The minimum absolute atomic E-state index is 0.0651. The standard InChI is InChI=1S/C19H30N2O3S/c1-25(22,23)21-18-8-5-13-20-19(18)14-24-17-11-9-16(10-12-17)15-6-3-2-4-7-15/h2-4,6-7,16-21H,5,8-14H2,1H3/t16?,17?,18-,19-/m0/s1. The van der Waals surface area contributed by atoms with E-state index < -0.39 is 10.0 Å². The molecular formula is C19H30N2O3S. The Morgan fingerprint density at radius 1 is 1.12 bits per heavy atom. The minimum Gasteiger partial charge on any atom is -0.377 e. The maximum atomic E-state index is 11.5. The summed E-state index contributed by atoms with van der Waals surface area (Å²) in [5.41, 5.74) is 1.44. The van der Waals surface area contributed by atoms with Crippen molar-refractivity contribution in [2.75, 3.05) is 19.4 Å². The Kier molecular flexibility index (Phi) is 6.49. The Bertz CT molecular complexity index is 627. The third kappa shape index (κ3) is 5.78. The fourth-order valence-corrected chi connectivity index (χ4v) is 4.90. The highest BCUT2D eigenvalue weighted by Gasteiger charge is 2.29. The molecule has 2 aliphatic rings. The molecule has 1 saturated heterocycles. The average Bonchev–Trinajstić information content (AvgIpc) is 2.61.